The van der Waals surface area contributed by atoms with Crippen molar-refractivity contribution in [3.8, 4) is 0 Å². The summed E-state index contributed by atoms with van der Waals surface area (Å²) in [4.78, 5) is 15.2. The third-order valence-corrected chi connectivity index (χ3v) is 5.29. The summed E-state index contributed by atoms with van der Waals surface area (Å²) >= 11 is 1.08. The van der Waals surface area contributed by atoms with Gasteiger partial charge in [0.25, 0.3) is 6.43 Å². The zero-order valence-corrected chi connectivity index (χ0v) is 17.2. The Morgan fingerprint density at radius 3 is 2.77 bits per heavy atom. The second-order valence-corrected chi connectivity index (χ2v) is 7.85. The minimum absolute atomic E-state index is 0.205. The molecule has 30 heavy (non-hydrogen) atoms. The van der Waals surface area contributed by atoms with Gasteiger partial charge in [0.05, 0.1) is 29.7 Å². The highest BCUT2D eigenvalue weighted by Gasteiger charge is 2.33. The van der Waals surface area contributed by atoms with Crippen molar-refractivity contribution in [1.82, 2.24) is 14.7 Å². The van der Waals surface area contributed by atoms with Crippen molar-refractivity contribution >= 4 is 24.1 Å². The number of carbonyl (C=O) groups excluding carboxylic acids is 1. The third-order valence-electron chi connectivity index (χ3n) is 4.65. The largest absolute Gasteiger partial charge is 0.400 e. The van der Waals surface area contributed by atoms with E-state index in [1.807, 2.05) is 30.3 Å². The summed E-state index contributed by atoms with van der Waals surface area (Å²) in [5, 5.41) is 14.0. The lowest BCUT2D eigenvalue weighted by Crippen LogP contribution is -2.38. The molecule has 1 aromatic heterocycles. The second kappa shape index (κ2) is 9.86. The molecule has 2 aromatic rings. The first-order valence-corrected chi connectivity index (χ1v) is 10.1. The summed E-state index contributed by atoms with van der Waals surface area (Å²) in [6, 6.07) is 9.14. The number of rotatable bonds is 8. The van der Waals surface area contributed by atoms with Crippen LogP contribution in [0.5, 0.6) is 0 Å². The normalized spacial score (nSPS) is 16.6. The van der Waals surface area contributed by atoms with Crippen LogP contribution in [0.3, 0.4) is 0 Å². The SMILES string of the molecule is CC(O)C(C(=O)N1CC(N)=C(/C=N/Sc2cnn(CC(F)F)c2)C1)c1ccccc1. The fourth-order valence-corrected chi connectivity index (χ4v) is 3.78. The Hall–Kier alpha value is -2.72. The van der Waals surface area contributed by atoms with Gasteiger partial charge in [-0.2, -0.15) is 5.10 Å². The lowest BCUT2D eigenvalue weighted by Gasteiger charge is -2.25. The smallest absolute Gasteiger partial charge is 0.257 e. The lowest BCUT2D eigenvalue weighted by atomic mass is 9.93. The molecule has 2 atom stereocenters. The van der Waals surface area contributed by atoms with Gasteiger partial charge in [-0.1, -0.05) is 30.3 Å². The number of benzene rings is 1. The van der Waals surface area contributed by atoms with Crippen molar-refractivity contribution in [2.75, 3.05) is 13.1 Å². The summed E-state index contributed by atoms with van der Waals surface area (Å²) in [5.41, 5.74) is 8.06. The van der Waals surface area contributed by atoms with Crippen LogP contribution in [0.2, 0.25) is 0 Å². The number of alkyl halides is 2. The van der Waals surface area contributed by atoms with Gasteiger partial charge in [-0.05, 0) is 12.5 Å². The van der Waals surface area contributed by atoms with Crippen LogP contribution >= 0.6 is 11.9 Å². The molecule has 0 saturated carbocycles. The van der Waals surface area contributed by atoms with Gasteiger partial charge < -0.3 is 15.7 Å². The summed E-state index contributed by atoms with van der Waals surface area (Å²) < 4.78 is 30.1. The van der Waals surface area contributed by atoms with Gasteiger partial charge in [-0.15, -0.1) is 0 Å². The van der Waals surface area contributed by atoms with Crippen molar-refractivity contribution in [3.05, 3.63) is 59.6 Å². The van der Waals surface area contributed by atoms with Crippen LogP contribution in [0.4, 0.5) is 8.78 Å². The highest BCUT2D eigenvalue weighted by molar-refractivity contribution is 7.98. The molecular formula is C20H23F2N5O2S. The molecule has 160 valence electrons. The van der Waals surface area contributed by atoms with E-state index in [9.17, 15) is 18.7 Å². The molecule has 3 N–H and O–H groups in total. The summed E-state index contributed by atoms with van der Waals surface area (Å²) in [6.07, 6.45) is 1.19. The standard InChI is InChI=1S/C20H23F2N5O2S/c1-13(28)19(14-5-3-2-4-6-14)20(29)26-9-15(17(23)11-26)7-25-30-16-8-24-27(10-16)12-18(21)22/h2-8,10,13,18-19,28H,9,11-12,23H2,1H3/b25-7+. The van der Waals surface area contributed by atoms with Crippen LogP contribution in [-0.4, -0.2) is 57.5 Å². The molecule has 0 radical (unpaired) electrons. The molecule has 1 aliphatic heterocycles. The van der Waals surface area contributed by atoms with Gasteiger partial charge in [0, 0.05) is 42.2 Å². The number of hydrogen-bond acceptors (Lipinski definition) is 6. The highest BCUT2D eigenvalue weighted by atomic mass is 32.2. The highest BCUT2D eigenvalue weighted by Crippen LogP contribution is 2.26. The molecule has 7 nitrogen and oxygen atoms in total. The van der Waals surface area contributed by atoms with E-state index in [0.717, 1.165) is 22.2 Å². The Kier molecular flexibility index (Phi) is 7.22. The van der Waals surface area contributed by atoms with Crippen LogP contribution in [0.1, 0.15) is 18.4 Å². The molecule has 0 bridgehead atoms. The van der Waals surface area contributed by atoms with Crippen molar-refractivity contribution in [3.63, 3.8) is 0 Å². The van der Waals surface area contributed by atoms with Gasteiger partial charge in [0.2, 0.25) is 5.91 Å². The predicted octanol–water partition coefficient (Wildman–Crippen LogP) is 2.45. The number of amides is 1. The fraction of sp³-hybridized carbons (Fsp3) is 0.350. The van der Waals surface area contributed by atoms with Crippen LogP contribution in [0.15, 0.2) is 63.3 Å². The van der Waals surface area contributed by atoms with Gasteiger partial charge in [-0.25, -0.2) is 13.2 Å². The molecule has 3 rings (SSSR count). The first kappa shape index (κ1) is 22.0. The van der Waals surface area contributed by atoms with E-state index in [0.29, 0.717) is 16.2 Å². The van der Waals surface area contributed by atoms with Crippen LogP contribution in [0.25, 0.3) is 0 Å². The fourth-order valence-electron chi connectivity index (χ4n) is 3.22. The number of hydrogen-bond donors (Lipinski definition) is 2. The third kappa shape index (κ3) is 5.45. The number of nitrogens with two attached hydrogens (primary N) is 1. The first-order valence-electron chi connectivity index (χ1n) is 9.35. The predicted molar refractivity (Wildman–Crippen MR) is 111 cm³/mol. The number of aromatic nitrogens is 2. The van der Waals surface area contributed by atoms with E-state index in [2.05, 4.69) is 9.50 Å². The van der Waals surface area contributed by atoms with E-state index >= 15 is 0 Å². The Bertz CT molecular complexity index is 930. The molecule has 1 aromatic carbocycles. The lowest BCUT2D eigenvalue weighted by molar-refractivity contribution is -0.133. The molecule has 2 heterocycles. The first-order chi connectivity index (χ1) is 14.3. The minimum atomic E-state index is -2.47. The van der Waals surface area contributed by atoms with E-state index < -0.39 is 25.0 Å². The van der Waals surface area contributed by atoms with Crippen molar-refractivity contribution < 1.29 is 18.7 Å². The summed E-state index contributed by atoms with van der Waals surface area (Å²) in [5.74, 6) is -0.881. The Balaban J connectivity index is 1.61. The topological polar surface area (TPSA) is 96.7 Å². The molecule has 1 amide bonds. The van der Waals surface area contributed by atoms with Crippen LogP contribution in [-0.2, 0) is 11.3 Å². The maximum atomic E-state index is 13.0. The van der Waals surface area contributed by atoms with Gasteiger partial charge in [0.1, 0.15) is 6.54 Å². The molecule has 2 unspecified atom stereocenters. The quantitative estimate of drug-likeness (QED) is 0.490. The summed E-state index contributed by atoms with van der Waals surface area (Å²) in [7, 11) is 0. The average Bonchev–Trinajstić information content (AvgIpc) is 3.28. The van der Waals surface area contributed by atoms with E-state index in [1.165, 1.54) is 12.4 Å². The summed E-state index contributed by atoms with van der Waals surface area (Å²) in [6.45, 7) is 1.67. The molecule has 1 aliphatic rings. The van der Waals surface area contributed by atoms with Crippen molar-refractivity contribution in [2.24, 2.45) is 10.1 Å². The van der Waals surface area contributed by atoms with Gasteiger partial charge in [-0.3, -0.25) is 9.48 Å². The van der Waals surface area contributed by atoms with Crippen molar-refractivity contribution in [2.45, 2.75) is 36.8 Å². The van der Waals surface area contributed by atoms with Crippen molar-refractivity contribution in [1.29, 1.82) is 0 Å². The number of carbonyl (C=O) groups is 1. The number of aliphatic hydroxyl groups excluding tert-OH is 1. The average molecular weight is 436 g/mol. The van der Waals surface area contributed by atoms with Crippen LogP contribution < -0.4 is 5.73 Å². The van der Waals surface area contributed by atoms with Gasteiger partial charge >= 0.3 is 0 Å². The van der Waals surface area contributed by atoms with E-state index in [-0.39, 0.29) is 19.0 Å². The molecular weight excluding hydrogens is 412 g/mol. The Labute approximate surface area is 177 Å². The Morgan fingerprint density at radius 2 is 2.10 bits per heavy atom. The monoisotopic (exact) mass is 435 g/mol. The van der Waals surface area contributed by atoms with Gasteiger partial charge in [0.15, 0.2) is 0 Å². The maximum absolute atomic E-state index is 13.0. The minimum Gasteiger partial charge on any atom is -0.400 e. The van der Waals surface area contributed by atoms with Crippen LogP contribution in [0, 0.1) is 0 Å². The second-order valence-electron chi connectivity index (χ2n) is 6.99. The zero-order valence-electron chi connectivity index (χ0n) is 16.4. The maximum Gasteiger partial charge on any atom is 0.257 e. The van der Waals surface area contributed by atoms with E-state index in [4.69, 9.17) is 5.73 Å². The number of halogens is 2. The van der Waals surface area contributed by atoms with E-state index in [1.54, 1.807) is 18.0 Å². The number of aliphatic hydroxyl groups is 1. The molecule has 0 saturated heterocycles. The molecule has 0 spiro atoms. The molecule has 0 fully saturated rings. The molecule has 10 heteroatoms. The molecule has 0 aliphatic carbocycles. The number of nitrogens with zero attached hydrogens (tertiary/aromatic N) is 4. The Morgan fingerprint density at radius 1 is 1.37 bits per heavy atom. The zero-order chi connectivity index (χ0) is 21.7.